The van der Waals surface area contributed by atoms with Crippen molar-refractivity contribution in [2.45, 2.75) is 19.8 Å². The van der Waals surface area contributed by atoms with Crippen LogP contribution in [0.15, 0.2) is 60.0 Å². The lowest BCUT2D eigenvalue weighted by atomic mass is 10.0. The molecule has 3 N–H and O–H groups in total. The Kier molecular flexibility index (Phi) is 8.15. The SMILES string of the molecule is COC(=O)CNC(=O)c1cccc(NC(=O)c2ccsc2NC(=O)c2ccc(C(C)C)cc2)c1. The van der Waals surface area contributed by atoms with Gasteiger partial charge in [-0.05, 0) is 53.3 Å². The van der Waals surface area contributed by atoms with Crippen LogP contribution in [0.5, 0.6) is 0 Å². The molecule has 34 heavy (non-hydrogen) atoms. The smallest absolute Gasteiger partial charge is 0.325 e. The van der Waals surface area contributed by atoms with Gasteiger partial charge in [-0.2, -0.15) is 0 Å². The molecule has 0 aliphatic rings. The molecule has 3 amide bonds. The van der Waals surface area contributed by atoms with E-state index >= 15 is 0 Å². The van der Waals surface area contributed by atoms with E-state index in [9.17, 15) is 19.2 Å². The number of methoxy groups -OCH3 is 1. The Morgan fingerprint density at radius 3 is 2.29 bits per heavy atom. The van der Waals surface area contributed by atoms with Gasteiger partial charge in [-0.3, -0.25) is 19.2 Å². The molecule has 0 fully saturated rings. The van der Waals surface area contributed by atoms with E-state index in [1.807, 2.05) is 12.1 Å². The predicted octanol–water partition coefficient (Wildman–Crippen LogP) is 4.28. The number of amides is 3. The molecular weight excluding hydrogens is 454 g/mol. The summed E-state index contributed by atoms with van der Waals surface area (Å²) in [6.07, 6.45) is 0. The summed E-state index contributed by atoms with van der Waals surface area (Å²) in [5.74, 6) is -1.42. The second-order valence-electron chi connectivity index (χ2n) is 7.69. The van der Waals surface area contributed by atoms with Gasteiger partial charge >= 0.3 is 5.97 Å². The Balaban J connectivity index is 1.67. The van der Waals surface area contributed by atoms with E-state index in [1.165, 1.54) is 24.5 Å². The zero-order valence-electron chi connectivity index (χ0n) is 19.0. The van der Waals surface area contributed by atoms with Crippen molar-refractivity contribution in [2.75, 3.05) is 24.3 Å². The lowest BCUT2D eigenvalue weighted by molar-refractivity contribution is -0.139. The molecule has 0 saturated carbocycles. The number of rotatable bonds is 8. The maximum Gasteiger partial charge on any atom is 0.325 e. The molecule has 9 heteroatoms. The van der Waals surface area contributed by atoms with Crippen LogP contribution in [-0.2, 0) is 9.53 Å². The third-order valence-corrected chi connectivity index (χ3v) is 5.81. The molecule has 0 spiro atoms. The summed E-state index contributed by atoms with van der Waals surface area (Å²) in [7, 11) is 1.23. The average molecular weight is 480 g/mol. The molecule has 176 valence electrons. The van der Waals surface area contributed by atoms with Gasteiger partial charge in [0.15, 0.2) is 0 Å². The summed E-state index contributed by atoms with van der Waals surface area (Å²) in [6.45, 7) is 3.90. The van der Waals surface area contributed by atoms with Crippen LogP contribution >= 0.6 is 11.3 Å². The molecule has 0 unspecified atom stereocenters. The minimum absolute atomic E-state index is 0.260. The van der Waals surface area contributed by atoms with Gasteiger partial charge in [0, 0.05) is 16.8 Å². The van der Waals surface area contributed by atoms with Gasteiger partial charge in [-0.1, -0.05) is 32.0 Å². The highest BCUT2D eigenvalue weighted by Crippen LogP contribution is 2.25. The van der Waals surface area contributed by atoms with Crippen molar-refractivity contribution >= 4 is 45.7 Å². The molecule has 0 bridgehead atoms. The van der Waals surface area contributed by atoms with Crippen LogP contribution in [0.3, 0.4) is 0 Å². The Labute approximate surface area is 201 Å². The first-order valence-electron chi connectivity index (χ1n) is 10.5. The van der Waals surface area contributed by atoms with Crippen molar-refractivity contribution in [3.8, 4) is 0 Å². The number of esters is 1. The predicted molar refractivity (Wildman–Crippen MR) is 132 cm³/mol. The van der Waals surface area contributed by atoms with Crippen LogP contribution in [-0.4, -0.2) is 37.3 Å². The van der Waals surface area contributed by atoms with E-state index in [-0.39, 0.29) is 18.0 Å². The summed E-state index contributed by atoms with van der Waals surface area (Å²) >= 11 is 1.24. The Hall–Kier alpha value is -3.98. The van der Waals surface area contributed by atoms with Crippen molar-refractivity contribution in [1.29, 1.82) is 0 Å². The van der Waals surface area contributed by atoms with Crippen molar-refractivity contribution in [3.05, 3.63) is 82.2 Å². The molecule has 0 aliphatic carbocycles. The fourth-order valence-corrected chi connectivity index (χ4v) is 3.82. The maximum absolute atomic E-state index is 12.9. The summed E-state index contributed by atoms with van der Waals surface area (Å²) in [5.41, 5.74) is 2.59. The second kappa shape index (κ2) is 11.2. The highest BCUT2D eigenvalue weighted by Gasteiger charge is 2.17. The number of carbonyl (C=O) groups is 4. The molecule has 8 nitrogen and oxygen atoms in total. The first-order valence-corrected chi connectivity index (χ1v) is 11.4. The van der Waals surface area contributed by atoms with Crippen LogP contribution in [0.1, 0.15) is 56.4 Å². The molecule has 3 rings (SSSR count). The van der Waals surface area contributed by atoms with Gasteiger partial charge in [0.25, 0.3) is 17.7 Å². The summed E-state index contributed by atoms with van der Waals surface area (Å²) < 4.78 is 4.50. The molecular formula is C25H25N3O5S. The van der Waals surface area contributed by atoms with Crippen molar-refractivity contribution in [1.82, 2.24) is 5.32 Å². The van der Waals surface area contributed by atoms with E-state index in [0.717, 1.165) is 5.56 Å². The topological polar surface area (TPSA) is 114 Å². The quantitative estimate of drug-likeness (QED) is 0.418. The number of ether oxygens (including phenoxy) is 1. The Morgan fingerprint density at radius 1 is 0.882 bits per heavy atom. The molecule has 0 saturated heterocycles. The van der Waals surface area contributed by atoms with Crippen molar-refractivity contribution < 1.29 is 23.9 Å². The number of anilines is 2. The second-order valence-corrected chi connectivity index (χ2v) is 8.60. The molecule has 3 aromatic rings. The summed E-state index contributed by atoms with van der Waals surface area (Å²) in [5, 5.41) is 10.1. The van der Waals surface area contributed by atoms with Gasteiger partial charge in [0.1, 0.15) is 11.5 Å². The van der Waals surface area contributed by atoms with E-state index in [0.29, 0.717) is 27.7 Å². The van der Waals surface area contributed by atoms with E-state index in [1.54, 1.807) is 41.8 Å². The lowest BCUT2D eigenvalue weighted by Gasteiger charge is -2.10. The minimum Gasteiger partial charge on any atom is -0.468 e. The van der Waals surface area contributed by atoms with Crippen LogP contribution in [0.25, 0.3) is 0 Å². The molecule has 1 heterocycles. The number of hydrogen-bond acceptors (Lipinski definition) is 6. The maximum atomic E-state index is 12.9. The number of hydrogen-bond donors (Lipinski definition) is 3. The van der Waals surface area contributed by atoms with Crippen LogP contribution in [0, 0.1) is 0 Å². The van der Waals surface area contributed by atoms with Gasteiger partial charge in [0.05, 0.1) is 12.7 Å². The Morgan fingerprint density at radius 2 is 1.62 bits per heavy atom. The third kappa shape index (κ3) is 6.29. The van der Waals surface area contributed by atoms with E-state index in [2.05, 4.69) is 34.5 Å². The Bertz CT molecular complexity index is 1200. The van der Waals surface area contributed by atoms with Gasteiger partial charge in [0.2, 0.25) is 0 Å². The average Bonchev–Trinajstić information content (AvgIpc) is 3.30. The lowest BCUT2D eigenvalue weighted by Crippen LogP contribution is -2.30. The number of nitrogens with one attached hydrogen (secondary N) is 3. The van der Waals surface area contributed by atoms with E-state index < -0.39 is 17.8 Å². The van der Waals surface area contributed by atoms with Crippen molar-refractivity contribution in [3.63, 3.8) is 0 Å². The van der Waals surface area contributed by atoms with Gasteiger partial charge in [-0.25, -0.2) is 0 Å². The van der Waals surface area contributed by atoms with Crippen molar-refractivity contribution in [2.24, 2.45) is 0 Å². The zero-order chi connectivity index (χ0) is 24.7. The summed E-state index contributed by atoms with van der Waals surface area (Å²) in [6, 6.07) is 15.3. The third-order valence-electron chi connectivity index (χ3n) is 4.98. The first-order chi connectivity index (χ1) is 16.3. The monoisotopic (exact) mass is 479 g/mol. The summed E-state index contributed by atoms with van der Waals surface area (Å²) in [4.78, 5) is 48.9. The highest BCUT2D eigenvalue weighted by atomic mass is 32.1. The zero-order valence-corrected chi connectivity index (χ0v) is 19.8. The molecule has 0 atom stereocenters. The number of benzene rings is 2. The standard InChI is InChI=1S/C25H25N3O5S/c1-15(2)16-7-9-17(10-8-16)23(31)28-25-20(11-12-34-25)24(32)27-19-6-4-5-18(13-19)22(30)26-14-21(29)33-3/h4-13,15H,14H2,1-3H3,(H,26,30)(H,27,32)(H,28,31). The van der Waals surface area contributed by atoms with Crippen LogP contribution < -0.4 is 16.0 Å². The first kappa shape index (κ1) is 24.7. The molecule has 2 aromatic carbocycles. The number of carbonyl (C=O) groups excluding carboxylic acids is 4. The van der Waals surface area contributed by atoms with Crippen LogP contribution in [0.2, 0.25) is 0 Å². The van der Waals surface area contributed by atoms with Gasteiger partial charge < -0.3 is 20.7 Å². The molecule has 0 radical (unpaired) electrons. The highest BCUT2D eigenvalue weighted by molar-refractivity contribution is 7.14. The van der Waals surface area contributed by atoms with E-state index in [4.69, 9.17) is 0 Å². The molecule has 1 aromatic heterocycles. The molecule has 0 aliphatic heterocycles. The van der Waals surface area contributed by atoms with Crippen LogP contribution in [0.4, 0.5) is 10.7 Å². The normalized spacial score (nSPS) is 10.5. The minimum atomic E-state index is -0.569. The number of thiophene rings is 1. The fourth-order valence-electron chi connectivity index (χ4n) is 3.04. The fraction of sp³-hybridized carbons (Fsp3) is 0.200. The largest absolute Gasteiger partial charge is 0.468 e. The van der Waals surface area contributed by atoms with Gasteiger partial charge in [-0.15, -0.1) is 11.3 Å².